The fourth-order valence-electron chi connectivity index (χ4n) is 0.963. The lowest BCUT2D eigenvalue weighted by Gasteiger charge is -2.14. The Labute approximate surface area is 96.5 Å². The van der Waals surface area contributed by atoms with Crippen molar-refractivity contribution < 1.29 is 19.4 Å². The summed E-state index contributed by atoms with van der Waals surface area (Å²) in [7, 11) is 3.16. The SMILES string of the molecule is COCCN(C)C(=O)c1nc(C(=O)O)cs1. The molecule has 0 spiro atoms. The number of methoxy groups -OCH3 is 1. The Hall–Kier alpha value is -1.47. The number of rotatable bonds is 5. The molecule has 7 heteroatoms. The van der Waals surface area contributed by atoms with Gasteiger partial charge in [0.2, 0.25) is 0 Å². The first-order valence-electron chi connectivity index (χ1n) is 4.49. The number of amides is 1. The Kier molecular flexibility index (Phi) is 4.39. The predicted octanol–water partition coefficient (Wildman–Crippen LogP) is 0.560. The second-order valence-electron chi connectivity index (χ2n) is 3.06. The number of carboxylic acid groups (broad SMARTS) is 1. The molecule has 1 heterocycles. The van der Waals surface area contributed by atoms with Gasteiger partial charge < -0.3 is 14.7 Å². The van der Waals surface area contributed by atoms with Crippen LogP contribution in [-0.4, -0.2) is 54.2 Å². The number of carbonyl (C=O) groups excluding carboxylic acids is 1. The molecule has 0 saturated carbocycles. The molecule has 0 fully saturated rings. The van der Waals surface area contributed by atoms with E-state index in [1.165, 1.54) is 10.3 Å². The van der Waals surface area contributed by atoms with E-state index in [4.69, 9.17) is 9.84 Å². The molecule has 1 rings (SSSR count). The summed E-state index contributed by atoms with van der Waals surface area (Å²) in [6, 6.07) is 0. The molecule has 0 aliphatic heterocycles. The molecule has 0 aromatic carbocycles. The van der Waals surface area contributed by atoms with E-state index in [0.717, 1.165) is 11.3 Å². The van der Waals surface area contributed by atoms with Crippen molar-refractivity contribution in [1.29, 1.82) is 0 Å². The van der Waals surface area contributed by atoms with Crippen LogP contribution in [0.1, 0.15) is 20.3 Å². The molecule has 1 aromatic rings. The minimum atomic E-state index is -1.13. The van der Waals surface area contributed by atoms with Gasteiger partial charge in [-0.05, 0) is 0 Å². The number of ether oxygens (including phenoxy) is 1. The van der Waals surface area contributed by atoms with Crippen LogP contribution in [0.3, 0.4) is 0 Å². The van der Waals surface area contributed by atoms with Crippen LogP contribution in [0.25, 0.3) is 0 Å². The number of carbonyl (C=O) groups is 2. The van der Waals surface area contributed by atoms with Crippen molar-refractivity contribution >= 4 is 23.2 Å². The largest absolute Gasteiger partial charge is 0.476 e. The Morgan fingerprint density at radius 1 is 1.62 bits per heavy atom. The number of aromatic nitrogens is 1. The molecule has 1 N–H and O–H groups in total. The van der Waals surface area contributed by atoms with Gasteiger partial charge in [-0.25, -0.2) is 9.78 Å². The van der Waals surface area contributed by atoms with Gasteiger partial charge in [-0.15, -0.1) is 11.3 Å². The van der Waals surface area contributed by atoms with Gasteiger partial charge in [0, 0.05) is 26.1 Å². The zero-order valence-electron chi connectivity index (χ0n) is 8.97. The van der Waals surface area contributed by atoms with Crippen molar-refractivity contribution in [3.05, 3.63) is 16.1 Å². The molecule has 0 aliphatic carbocycles. The Balaban J connectivity index is 2.68. The highest BCUT2D eigenvalue weighted by atomic mass is 32.1. The summed E-state index contributed by atoms with van der Waals surface area (Å²) in [6.45, 7) is 0.872. The van der Waals surface area contributed by atoms with E-state index in [-0.39, 0.29) is 16.6 Å². The molecular formula is C9H12N2O4S. The topological polar surface area (TPSA) is 79.7 Å². The highest BCUT2D eigenvalue weighted by Crippen LogP contribution is 2.11. The van der Waals surface area contributed by atoms with E-state index < -0.39 is 5.97 Å². The maximum absolute atomic E-state index is 11.7. The fraction of sp³-hybridized carbons (Fsp3) is 0.444. The van der Waals surface area contributed by atoms with Crippen LogP contribution in [-0.2, 0) is 4.74 Å². The van der Waals surface area contributed by atoms with Gasteiger partial charge in [-0.3, -0.25) is 4.79 Å². The standard InChI is InChI=1S/C9H12N2O4S/c1-11(3-4-15-2)8(12)7-10-6(5-16-7)9(13)14/h5H,3-4H2,1-2H3,(H,13,14). The molecule has 1 aromatic heterocycles. The minimum Gasteiger partial charge on any atom is -0.476 e. The molecule has 0 radical (unpaired) electrons. The monoisotopic (exact) mass is 244 g/mol. The number of aromatic carboxylic acids is 1. The molecule has 88 valence electrons. The number of hydrogen-bond acceptors (Lipinski definition) is 5. The second-order valence-corrected chi connectivity index (χ2v) is 3.92. The zero-order valence-corrected chi connectivity index (χ0v) is 9.78. The summed E-state index contributed by atoms with van der Waals surface area (Å²) in [5.74, 6) is -1.43. The highest BCUT2D eigenvalue weighted by Gasteiger charge is 2.17. The third kappa shape index (κ3) is 3.01. The average Bonchev–Trinajstić information content (AvgIpc) is 2.74. The second kappa shape index (κ2) is 5.57. The Morgan fingerprint density at radius 3 is 2.81 bits per heavy atom. The quantitative estimate of drug-likeness (QED) is 0.818. The van der Waals surface area contributed by atoms with Gasteiger partial charge in [0.1, 0.15) is 0 Å². The maximum Gasteiger partial charge on any atom is 0.355 e. The van der Waals surface area contributed by atoms with E-state index >= 15 is 0 Å². The first-order chi connectivity index (χ1) is 7.56. The van der Waals surface area contributed by atoms with Crippen LogP contribution in [0.2, 0.25) is 0 Å². The lowest BCUT2D eigenvalue weighted by molar-refractivity contribution is 0.0691. The number of hydrogen-bond donors (Lipinski definition) is 1. The van der Waals surface area contributed by atoms with Crippen LogP contribution in [0.4, 0.5) is 0 Å². The lowest BCUT2D eigenvalue weighted by Crippen LogP contribution is -2.29. The minimum absolute atomic E-state index is 0.103. The molecule has 1 amide bonds. The molecule has 0 atom stereocenters. The number of thiazole rings is 1. The molecule has 0 bridgehead atoms. The molecule has 0 saturated heterocycles. The van der Waals surface area contributed by atoms with Crippen LogP contribution in [0, 0.1) is 0 Å². The Bertz CT molecular complexity index is 391. The van der Waals surface area contributed by atoms with Crippen molar-refractivity contribution in [3.8, 4) is 0 Å². The normalized spacial score (nSPS) is 10.1. The third-order valence-corrected chi connectivity index (χ3v) is 2.71. The van der Waals surface area contributed by atoms with E-state index in [0.29, 0.717) is 13.2 Å². The van der Waals surface area contributed by atoms with E-state index in [1.54, 1.807) is 14.2 Å². The zero-order chi connectivity index (χ0) is 12.1. The number of likely N-dealkylation sites (N-methyl/N-ethyl adjacent to an activating group) is 1. The number of nitrogens with zero attached hydrogens (tertiary/aromatic N) is 2. The summed E-state index contributed by atoms with van der Waals surface area (Å²) in [4.78, 5) is 27.5. The summed E-state index contributed by atoms with van der Waals surface area (Å²) in [5, 5.41) is 10.2. The van der Waals surface area contributed by atoms with E-state index in [1.807, 2.05) is 0 Å². The third-order valence-electron chi connectivity index (χ3n) is 1.88. The van der Waals surface area contributed by atoms with Gasteiger partial charge >= 0.3 is 5.97 Å². The molecule has 0 unspecified atom stereocenters. The summed E-state index contributed by atoms with van der Waals surface area (Å²) < 4.78 is 4.84. The molecule has 6 nitrogen and oxygen atoms in total. The van der Waals surface area contributed by atoms with Crippen molar-refractivity contribution in [1.82, 2.24) is 9.88 Å². The lowest BCUT2D eigenvalue weighted by atomic mass is 10.5. The summed E-state index contributed by atoms with van der Waals surface area (Å²) >= 11 is 1.02. The highest BCUT2D eigenvalue weighted by molar-refractivity contribution is 7.11. The number of carboxylic acids is 1. The van der Waals surface area contributed by atoms with Gasteiger partial charge in [-0.2, -0.15) is 0 Å². The summed E-state index contributed by atoms with van der Waals surface area (Å²) in [6.07, 6.45) is 0. The molecule has 16 heavy (non-hydrogen) atoms. The van der Waals surface area contributed by atoms with E-state index in [9.17, 15) is 9.59 Å². The van der Waals surface area contributed by atoms with Crippen LogP contribution in [0.15, 0.2) is 5.38 Å². The van der Waals surface area contributed by atoms with Crippen molar-refractivity contribution in [2.24, 2.45) is 0 Å². The predicted molar refractivity (Wildman–Crippen MR) is 57.9 cm³/mol. The molecular weight excluding hydrogens is 232 g/mol. The molecule has 0 aliphatic rings. The van der Waals surface area contributed by atoms with Crippen molar-refractivity contribution in [2.45, 2.75) is 0 Å². The van der Waals surface area contributed by atoms with Gasteiger partial charge in [-0.1, -0.05) is 0 Å². The first-order valence-corrected chi connectivity index (χ1v) is 5.37. The van der Waals surface area contributed by atoms with E-state index in [2.05, 4.69) is 4.98 Å². The maximum atomic E-state index is 11.7. The van der Waals surface area contributed by atoms with Crippen LogP contribution < -0.4 is 0 Å². The van der Waals surface area contributed by atoms with Crippen molar-refractivity contribution in [3.63, 3.8) is 0 Å². The first kappa shape index (κ1) is 12.6. The van der Waals surface area contributed by atoms with Crippen LogP contribution in [0.5, 0.6) is 0 Å². The Morgan fingerprint density at radius 2 is 2.31 bits per heavy atom. The van der Waals surface area contributed by atoms with Gasteiger partial charge in [0.15, 0.2) is 10.7 Å². The van der Waals surface area contributed by atoms with Crippen molar-refractivity contribution in [2.75, 3.05) is 27.3 Å². The van der Waals surface area contributed by atoms with Crippen LogP contribution >= 0.6 is 11.3 Å². The van der Waals surface area contributed by atoms with Gasteiger partial charge in [0.05, 0.1) is 6.61 Å². The average molecular weight is 244 g/mol. The summed E-state index contributed by atoms with van der Waals surface area (Å²) in [5.41, 5.74) is -0.103. The smallest absolute Gasteiger partial charge is 0.355 e. The fourth-order valence-corrected chi connectivity index (χ4v) is 1.75. The van der Waals surface area contributed by atoms with Gasteiger partial charge in [0.25, 0.3) is 5.91 Å².